The monoisotopic (exact) mass is 267 g/mol. The zero-order chi connectivity index (χ0) is 13.3. The van der Waals surface area contributed by atoms with E-state index in [9.17, 15) is 14.0 Å². The van der Waals surface area contributed by atoms with Crippen LogP contribution in [0.15, 0.2) is 17.0 Å². The molecule has 0 fully saturated rings. The molecule has 0 aliphatic carbocycles. The Morgan fingerprint density at radius 1 is 1.33 bits per heavy atom. The van der Waals surface area contributed by atoms with Gasteiger partial charge < -0.3 is 5.32 Å². The normalized spacial score (nSPS) is 14.0. The zero-order valence-corrected chi connectivity index (χ0v) is 11.1. The fraction of sp³-hybridized carbons (Fsp3) is 0.385. The average Bonchev–Trinajstić information content (AvgIpc) is 2.55. The Morgan fingerprint density at radius 2 is 2.06 bits per heavy atom. The molecule has 1 aliphatic rings. The Morgan fingerprint density at radius 3 is 2.72 bits per heavy atom. The maximum Gasteiger partial charge on any atom is 0.296 e. The molecule has 0 radical (unpaired) electrons. The largest absolute Gasteiger partial charge is 0.318 e. The summed E-state index contributed by atoms with van der Waals surface area (Å²) in [7, 11) is 0. The van der Waals surface area contributed by atoms with Crippen LogP contribution in [0.4, 0.5) is 10.1 Å². The van der Waals surface area contributed by atoms with Crippen LogP contribution in [-0.4, -0.2) is 17.4 Å². The highest BCUT2D eigenvalue weighted by molar-refractivity contribution is 7.99. The summed E-state index contributed by atoms with van der Waals surface area (Å²) in [4.78, 5) is 23.0. The Bertz CT molecular complexity index is 514. The van der Waals surface area contributed by atoms with Crippen LogP contribution in [0.5, 0.6) is 0 Å². The molecule has 0 aromatic heterocycles. The molecular formula is C13H14FNO2S. The van der Waals surface area contributed by atoms with Gasteiger partial charge in [0.1, 0.15) is 5.82 Å². The van der Waals surface area contributed by atoms with Crippen molar-refractivity contribution in [1.82, 2.24) is 0 Å². The molecule has 0 saturated carbocycles. The SMILES string of the molecule is CC(C)CCSc1cc2c(cc1F)C(=O)C(=O)N2. The van der Waals surface area contributed by atoms with Crippen molar-refractivity contribution < 1.29 is 14.0 Å². The molecule has 0 atom stereocenters. The second kappa shape index (κ2) is 5.10. The number of thioether (sulfide) groups is 1. The van der Waals surface area contributed by atoms with E-state index in [4.69, 9.17) is 0 Å². The number of ketones is 1. The molecule has 96 valence electrons. The lowest BCUT2D eigenvalue weighted by Gasteiger charge is -2.07. The highest BCUT2D eigenvalue weighted by Gasteiger charge is 2.29. The molecule has 0 unspecified atom stereocenters. The van der Waals surface area contributed by atoms with Crippen LogP contribution in [-0.2, 0) is 4.79 Å². The number of anilines is 1. The summed E-state index contributed by atoms with van der Waals surface area (Å²) in [5.41, 5.74) is 0.546. The quantitative estimate of drug-likeness (QED) is 0.673. The smallest absolute Gasteiger partial charge is 0.296 e. The third-order valence-electron chi connectivity index (χ3n) is 2.72. The number of rotatable bonds is 4. The minimum atomic E-state index is -0.686. The Balaban J connectivity index is 2.17. The maximum absolute atomic E-state index is 13.8. The summed E-state index contributed by atoms with van der Waals surface area (Å²) in [6.07, 6.45) is 0.993. The number of fused-ring (bicyclic) bond motifs is 1. The number of carbonyl (C=O) groups is 2. The molecule has 1 aliphatic heterocycles. The second-order valence-electron chi connectivity index (χ2n) is 4.64. The van der Waals surface area contributed by atoms with Crippen molar-refractivity contribution in [3.63, 3.8) is 0 Å². The van der Waals surface area contributed by atoms with Crippen LogP contribution in [0.1, 0.15) is 30.6 Å². The van der Waals surface area contributed by atoms with Gasteiger partial charge in [0.05, 0.1) is 11.3 Å². The molecule has 0 saturated heterocycles. The summed E-state index contributed by atoms with van der Waals surface area (Å²) in [5, 5.41) is 2.45. The van der Waals surface area contributed by atoms with Gasteiger partial charge in [0.2, 0.25) is 0 Å². The van der Waals surface area contributed by atoms with Gasteiger partial charge in [0, 0.05) is 4.90 Å². The van der Waals surface area contributed by atoms with E-state index in [-0.39, 0.29) is 5.56 Å². The minimum Gasteiger partial charge on any atom is -0.318 e. The molecule has 0 bridgehead atoms. The second-order valence-corrected chi connectivity index (χ2v) is 5.78. The van der Waals surface area contributed by atoms with Crippen LogP contribution in [0.25, 0.3) is 0 Å². The van der Waals surface area contributed by atoms with Crippen molar-refractivity contribution in [2.24, 2.45) is 5.92 Å². The molecule has 1 aromatic rings. The van der Waals surface area contributed by atoms with Crippen molar-refractivity contribution in [2.45, 2.75) is 25.2 Å². The predicted molar refractivity (Wildman–Crippen MR) is 69.5 cm³/mol. The summed E-state index contributed by atoms with van der Waals surface area (Å²) in [5.74, 6) is -0.407. The highest BCUT2D eigenvalue weighted by Crippen LogP contribution is 2.32. The fourth-order valence-electron chi connectivity index (χ4n) is 1.66. The van der Waals surface area contributed by atoms with E-state index in [0.29, 0.717) is 16.5 Å². The molecule has 1 N–H and O–H groups in total. The molecule has 0 spiro atoms. The van der Waals surface area contributed by atoms with E-state index in [2.05, 4.69) is 19.2 Å². The predicted octanol–water partition coefficient (Wildman–Crippen LogP) is 3.10. The van der Waals surface area contributed by atoms with Gasteiger partial charge in [-0.2, -0.15) is 0 Å². The van der Waals surface area contributed by atoms with E-state index in [0.717, 1.165) is 18.2 Å². The first-order valence-electron chi connectivity index (χ1n) is 5.81. The summed E-state index contributed by atoms with van der Waals surface area (Å²) in [6, 6.07) is 2.69. The molecule has 1 aromatic carbocycles. The fourth-order valence-corrected chi connectivity index (χ4v) is 2.87. The third kappa shape index (κ3) is 2.56. The number of nitrogens with one attached hydrogen (secondary N) is 1. The average molecular weight is 267 g/mol. The van der Waals surface area contributed by atoms with E-state index in [1.165, 1.54) is 11.8 Å². The Kier molecular flexibility index (Phi) is 3.71. The van der Waals surface area contributed by atoms with Crippen molar-refractivity contribution in [1.29, 1.82) is 0 Å². The maximum atomic E-state index is 13.8. The van der Waals surface area contributed by atoms with Crippen LogP contribution in [0, 0.1) is 11.7 Å². The molecular weight excluding hydrogens is 253 g/mol. The first-order chi connectivity index (χ1) is 8.49. The van der Waals surface area contributed by atoms with E-state index >= 15 is 0 Å². The van der Waals surface area contributed by atoms with Crippen molar-refractivity contribution in [3.8, 4) is 0 Å². The van der Waals surface area contributed by atoms with E-state index in [1.807, 2.05) is 0 Å². The van der Waals surface area contributed by atoms with Gasteiger partial charge in [-0.25, -0.2) is 4.39 Å². The van der Waals surface area contributed by atoms with Gasteiger partial charge in [0.15, 0.2) is 0 Å². The standard InChI is InChI=1S/C13H14FNO2S/c1-7(2)3-4-18-11-6-10-8(5-9(11)14)12(16)13(17)15-10/h5-7H,3-4H2,1-2H3,(H,15,16,17). The minimum absolute atomic E-state index is 0.130. The Hall–Kier alpha value is -1.36. The van der Waals surface area contributed by atoms with Crippen molar-refractivity contribution >= 4 is 29.1 Å². The topological polar surface area (TPSA) is 46.2 Å². The van der Waals surface area contributed by atoms with Crippen molar-refractivity contribution in [3.05, 3.63) is 23.5 Å². The lowest BCUT2D eigenvalue weighted by molar-refractivity contribution is -0.112. The summed E-state index contributed by atoms with van der Waals surface area (Å²) < 4.78 is 13.8. The van der Waals surface area contributed by atoms with Gasteiger partial charge in [-0.15, -0.1) is 11.8 Å². The lowest BCUT2D eigenvalue weighted by Crippen LogP contribution is -2.12. The van der Waals surface area contributed by atoms with Gasteiger partial charge in [-0.05, 0) is 30.2 Å². The lowest BCUT2D eigenvalue weighted by atomic mass is 10.1. The third-order valence-corrected chi connectivity index (χ3v) is 3.79. The molecule has 5 heteroatoms. The number of halogens is 1. The zero-order valence-electron chi connectivity index (χ0n) is 10.2. The molecule has 2 rings (SSSR count). The number of benzene rings is 1. The number of Topliss-reactive ketones (excluding diaryl/α,β-unsaturated/α-hetero) is 1. The molecule has 1 amide bonds. The van der Waals surface area contributed by atoms with Crippen molar-refractivity contribution in [2.75, 3.05) is 11.1 Å². The van der Waals surface area contributed by atoms with Gasteiger partial charge in [-0.3, -0.25) is 9.59 Å². The number of hydrogen-bond donors (Lipinski definition) is 1. The van der Waals surface area contributed by atoms with Gasteiger partial charge in [-0.1, -0.05) is 13.8 Å². The molecule has 3 nitrogen and oxygen atoms in total. The summed E-state index contributed by atoms with van der Waals surface area (Å²) in [6.45, 7) is 4.22. The first-order valence-corrected chi connectivity index (χ1v) is 6.79. The van der Waals surface area contributed by atoms with Crippen LogP contribution in [0.3, 0.4) is 0 Å². The van der Waals surface area contributed by atoms with E-state index in [1.54, 1.807) is 6.07 Å². The van der Waals surface area contributed by atoms with Gasteiger partial charge >= 0.3 is 0 Å². The van der Waals surface area contributed by atoms with Crippen LogP contribution in [0.2, 0.25) is 0 Å². The van der Waals surface area contributed by atoms with Crippen LogP contribution < -0.4 is 5.32 Å². The summed E-state index contributed by atoms with van der Waals surface area (Å²) >= 11 is 1.41. The highest BCUT2D eigenvalue weighted by atomic mass is 32.2. The number of hydrogen-bond acceptors (Lipinski definition) is 3. The molecule has 18 heavy (non-hydrogen) atoms. The molecule has 1 heterocycles. The van der Waals surface area contributed by atoms with Gasteiger partial charge in [0.25, 0.3) is 11.7 Å². The number of carbonyl (C=O) groups excluding carboxylic acids is 2. The Labute approximate surface area is 109 Å². The number of amides is 1. The van der Waals surface area contributed by atoms with E-state index < -0.39 is 17.5 Å². The van der Waals surface area contributed by atoms with Crippen LogP contribution >= 0.6 is 11.8 Å². The first kappa shape index (κ1) is 13.1.